The third-order valence-electron chi connectivity index (χ3n) is 1.48. The third-order valence-corrected chi connectivity index (χ3v) is 1.83. The second-order valence-corrected chi connectivity index (χ2v) is 2.92. The van der Waals surface area contributed by atoms with Crippen molar-refractivity contribution < 1.29 is 0 Å². The molecule has 0 bridgehead atoms. The quantitative estimate of drug-likeness (QED) is 0.394. The second-order valence-electron chi connectivity index (χ2n) is 2.54. The lowest BCUT2D eigenvalue weighted by molar-refractivity contribution is 0.590. The van der Waals surface area contributed by atoms with Gasteiger partial charge in [-0.05, 0) is 17.7 Å². The predicted octanol–water partition coefficient (Wildman–Crippen LogP) is 2.84. The zero-order chi connectivity index (χ0) is 8.97. The maximum absolute atomic E-state index is 8.15. The highest BCUT2D eigenvalue weighted by molar-refractivity contribution is 6.29. The van der Waals surface area contributed by atoms with Gasteiger partial charge in [-0.25, -0.2) is 0 Å². The summed E-state index contributed by atoms with van der Waals surface area (Å²) in [6.07, 6.45) is 1.85. The van der Waals surface area contributed by atoms with Gasteiger partial charge in [0.2, 0.25) is 0 Å². The summed E-state index contributed by atoms with van der Waals surface area (Å²) in [6.45, 7) is 2.46. The van der Waals surface area contributed by atoms with Gasteiger partial charge in [0.15, 0.2) is 0 Å². The topological polar surface area (TPSA) is 53.7 Å². The van der Waals surface area contributed by atoms with Crippen LogP contribution in [0.2, 0.25) is 5.15 Å². The average Bonchev–Trinajstić information content (AvgIpc) is 2.37. The van der Waals surface area contributed by atoms with E-state index in [1.165, 1.54) is 0 Å². The zero-order valence-electron chi connectivity index (χ0n) is 6.68. The minimum Gasteiger partial charge on any atom is -0.338 e. The molecule has 0 saturated heterocycles. The lowest BCUT2D eigenvalue weighted by Gasteiger charge is -2.06. The highest BCUT2D eigenvalue weighted by Gasteiger charge is 2.01. The molecular formula is C7H9ClN4. The van der Waals surface area contributed by atoms with Crippen LogP contribution in [-0.2, 0) is 6.54 Å². The molecule has 0 unspecified atom stereocenters. The van der Waals surface area contributed by atoms with Gasteiger partial charge in [-0.3, -0.25) is 0 Å². The first-order valence-electron chi connectivity index (χ1n) is 3.59. The minimum atomic E-state index is -0.0695. The molecule has 0 aromatic carbocycles. The molecule has 12 heavy (non-hydrogen) atoms. The molecule has 0 aliphatic rings. The van der Waals surface area contributed by atoms with Crippen molar-refractivity contribution in [3.05, 3.63) is 33.9 Å². The van der Waals surface area contributed by atoms with Crippen molar-refractivity contribution in [1.82, 2.24) is 4.57 Å². The fourth-order valence-electron chi connectivity index (χ4n) is 0.951. The maximum atomic E-state index is 8.15. The summed E-state index contributed by atoms with van der Waals surface area (Å²) in [7, 11) is 0. The second kappa shape index (κ2) is 4.04. The number of hydrogen-bond acceptors (Lipinski definition) is 1. The number of nitrogens with zero attached hydrogens (tertiary/aromatic N) is 4. The van der Waals surface area contributed by atoms with E-state index in [4.69, 9.17) is 17.1 Å². The molecule has 0 radical (unpaired) electrons. The van der Waals surface area contributed by atoms with E-state index in [0.29, 0.717) is 11.7 Å². The molecule has 0 amide bonds. The Morgan fingerprint density at radius 2 is 2.58 bits per heavy atom. The summed E-state index contributed by atoms with van der Waals surface area (Å²) in [5.41, 5.74) is 8.15. The molecule has 0 aliphatic carbocycles. The molecule has 64 valence electrons. The van der Waals surface area contributed by atoms with Gasteiger partial charge >= 0.3 is 0 Å². The van der Waals surface area contributed by atoms with E-state index in [2.05, 4.69) is 10.0 Å². The Morgan fingerprint density at radius 1 is 1.83 bits per heavy atom. The molecule has 0 saturated carbocycles. The Hall–Kier alpha value is -1.12. The maximum Gasteiger partial charge on any atom is 0.108 e. The largest absolute Gasteiger partial charge is 0.338 e. The smallest absolute Gasteiger partial charge is 0.108 e. The van der Waals surface area contributed by atoms with E-state index in [-0.39, 0.29) is 6.04 Å². The van der Waals surface area contributed by atoms with Crippen LogP contribution in [0, 0.1) is 0 Å². The lowest BCUT2D eigenvalue weighted by Crippen LogP contribution is -2.08. The molecule has 1 rings (SSSR count). The van der Waals surface area contributed by atoms with Crippen molar-refractivity contribution in [2.24, 2.45) is 5.11 Å². The number of halogens is 1. The molecule has 0 N–H and O–H groups in total. The van der Waals surface area contributed by atoms with Crippen LogP contribution in [0.1, 0.15) is 6.92 Å². The first-order valence-corrected chi connectivity index (χ1v) is 3.96. The molecule has 5 heteroatoms. The van der Waals surface area contributed by atoms with Crippen LogP contribution in [0.25, 0.3) is 10.4 Å². The zero-order valence-corrected chi connectivity index (χ0v) is 7.44. The van der Waals surface area contributed by atoms with Crippen LogP contribution in [0.3, 0.4) is 0 Å². The van der Waals surface area contributed by atoms with E-state index in [1.807, 2.05) is 23.8 Å². The standard InChI is InChI=1S/C7H9ClN4/c1-6(10-11-9)5-12-4-2-3-7(12)8/h2-4,6H,5H2,1H3/t6-/m0/s1. The van der Waals surface area contributed by atoms with Crippen LogP contribution in [-0.4, -0.2) is 10.6 Å². The third kappa shape index (κ3) is 2.19. The average molecular weight is 185 g/mol. The van der Waals surface area contributed by atoms with Crippen LogP contribution in [0.5, 0.6) is 0 Å². The van der Waals surface area contributed by atoms with Gasteiger partial charge in [-0.1, -0.05) is 23.6 Å². The summed E-state index contributed by atoms with van der Waals surface area (Å²) in [6, 6.07) is 3.58. The Labute approximate surface area is 75.4 Å². The SMILES string of the molecule is C[C@@H](Cn1cccc1Cl)N=[N+]=[N-]. The molecule has 0 aliphatic heterocycles. The van der Waals surface area contributed by atoms with Gasteiger partial charge in [0.1, 0.15) is 5.15 Å². The first kappa shape index (κ1) is 8.97. The lowest BCUT2D eigenvalue weighted by atomic mass is 10.4. The number of aromatic nitrogens is 1. The Kier molecular flexibility index (Phi) is 3.02. The number of rotatable bonds is 3. The van der Waals surface area contributed by atoms with Crippen LogP contribution in [0.15, 0.2) is 23.4 Å². The van der Waals surface area contributed by atoms with Crippen molar-refractivity contribution in [3.63, 3.8) is 0 Å². The number of azide groups is 1. The van der Waals surface area contributed by atoms with Crippen LogP contribution in [0.4, 0.5) is 0 Å². The van der Waals surface area contributed by atoms with Crippen molar-refractivity contribution in [2.75, 3.05) is 0 Å². The van der Waals surface area contributed by atoms with E-state index in [1.54, 1.807) is 6.07 Å². The molecule has 1 aromatic heterocycles. The van der Waals surface area contributed by atoms with Gasteiger partial charge in [0, 0.05) is 17.7 Å². The summed E-state index contributed by atoms with van der Waals surface area (Å²) in [5.74, 6) is 0. The van der Waals surface area contributed by atoms with Gasteiger partial charge in [-0.2, -0.15) is 0 Å². The van der Waals surface area contributed by atoms with Crippen LogP contribution < -0.4 is 0 Å². The van der Waals surface area contributed by atoms with Crippen molar-refractivity contribution in [3.8, 4) is 0 Å². The molecule has 1 heterocycles. The van der Waals surface area contributed by atoms with E-state index >= 15 is 0 Å². The van der Waals surface area contributed by atoms with Gasteiger partial charge in [0.05, 0.1) is 6.04 Å². The summed E-state index contributed by atoms with van der Waals surface area (Å²) in [5, 5.41) is 4.20. The molecular weight excluding hydrogens is 176 g/mol. The molecule has 0 spiro atoms. The summed E-state index contributed by atoms with van der Waals surface area (Å²) < 4.78 is 1.83. The highest BCUT2D eigenvalue weighted by atomic mass is 35.5. The van der Waals surface area contributed by atoms with Crippen molar-refractivity contribution >= 4 is 11.6 Å². The monoisotopic (exact) mass is 184 g/mol. The van der Waals surface area contributed by atoms with Crippen molar-refractivity contribution in [2.45, 2.75) is 19.5 Å². The first-order chi connectivity index (χ1) is 5.74. The fourth-order valence-corrected chi connectivity index (χ4v) is 1.15. The summed E-state index contributed by atoms with van der Waals surface area (Å²) >= 11 is 5.81. The Morgan fingerprint density at radius 3 is 3.08 bits per heavy atom. The molecule has 0 fully saturated rings. The summed E-state index contributed by atoms with van der Waals surface area (Å²) in [4.78, 5) is 2.71. The predicted molar refractivity (Wildman–Crippen MR) is 48.1 cm³/mol. The van der Waals surface area contributed by atoms with Crippen molar-refractivity contribution in [1.29, 1.82) is 0 Å². The normalized spacial score (nSPS) is 12.2. The highest BCUT2D eigenvalue weighted by Crippen LogP contribution is 2.10. The van der Waals surface area contributed by atoms with Gasteiger partial charge < -0.3 is 4.57 Å². The minimum absolute atomic E-state index is 0.0695. The van der Waals surface area contributed by atoms with Gasteiger partial charge in [-0.15, -0.1) is 0 Å². The Bertz CT molecular complexity index is 300. The number of hydrogen-bond donors (Lipinski definition) is 0. The molecule has 1 atom stereocenters. The Balaban J connectivity index is 2.63. The van der Waals surface area contributed by atoms with E-state index < -0.39 is 0 Å². The fraction of sp³-hybridized carbons (Fsp3) is 0.429. The van der Waals surface area contributed by atoms with E-state index in [0.717, 1.165) is 0 Å². The molecule has 4 nitrogen and oxygen atoms in total. The van der Waals surface area contributed by atoms with E-state index in [9.17, 15) is 0 Å². The van der Waals surface area contributed by atoms with Gasteiger partial charge in [0.25, 0.3) is 0 Å². The van der Waals surface area contributed by atoms with Crippen LogP contribution >= 0.6 is 11.6 Å². The molecule has 1 aromatic rings.